The Morgan fingerprint density at radius 1 is 1.40 bits per heavy atom. The molecule has 2 N–H and O–H groups in total. The average Bonchev–Trinajstić information content (AvgIpc) is 3.06. The number of amides is 2. The number of hydrogen-bond acceptors (Lipinski definition) is 4. The van der Waals surface area contributed by atoms with Gasteiger partial charge in [-0.05, 0) is 17.9 Å². The molecule has 2 aromatic heterocycles. The molecule has 0 radical (unpaired) electrons. The second-order valence-corrected chi connectivity index (χ2v) is 5.07. The summed E-state index contributed by atoms with van der Waals surface area (Å²) in [5.41, 5.74) is 0.660. The van der Waals surface area contributed by atoms with Crippen LogP contribution in [0.4, 0.5) is 5.82 Å². The molecule has 0 aromatic carbocycles. The van der Waals surface area contributed by atoms with Gasteiger partial charge in [0, 0.05) is 43.2 Å². The number of hydrogen-bond donors (Lipinski definition) is 2. The number of nitrogens with zero attached hydrogens (tertiary/aromatic N) is 2. The summed E-state index contributed by atoms with van der Waals surface area (Å²) in [7, 11) is 1.79. The summed E-state index contributed by atoms with van der Waals surface area (Å²) in [6.45, 7) is 0.477. The van der Waals surface area contributed by atoms with E-state index in [1.165, 1.54) is 11.3 Å². The van der Waals surface area contributed by atoms with Crippen LogP contribution in [0.3, 0.4) is 0 Å². The molecule has 2 aromatic rings. The van der Waals surface area contributed by atoms with E-state index in [9.17, 15) is 9.59 Å². The highest BCUT2D eigenvalue weighted by molar-refractivity contribution is 7.08. The maximum Gasteiger partial charge on any atom is 0.252 e. The number of aromatic nitrogens is 2. The van der Waals surface area contributed by atoms with Gasteiger partial charge in [0.1, 0.15) is 0 Å². The minimum atomic E-state index is -0.103. The third-order valence-corrected chi connectivity index (χ3v) is 3.31. The maximum atomic E-state index is 11.6. The van der Waals surface area contributed by atoms with Crippen LogP contribution < -0.4 is 10.6 Å². The Labute approximate surface area is 120 Å². The highest BCUT2D eigenvalue weighted by Crippen LogP contribution is 2.05. The van der Waals surface area contributed by atoms with Crippen LogP contribution in [0.5, 0.6) is 0 Å². The second kappa shape index (κ2) is 6.85. The molecule has 0 fully saturated rings. The molecule has 0 saturated carbocycles. The molecule has 0 spiro atoms. The number of carbonyl (C=O) groups is 2. The minimum Gasteiger partial charge on any atom is -0.352 e. The summed E-state index contributed by atoms with van der Waals surface area (Å²) in [4.78, 5) is 23.3. The first-order chi connectivity index (χ1) is 9.65. The van der Waals surface area contributed by atoms with Gasteiger partial charge < -0.3 is 10.6 Å². The molecule has 2 rings (SSSR count). The van der Waals surface area contributed by atoms with E-state index in [0.717, 1.165) is 0 Å². The Morgan fingerprint density at radius 3 is 2.90 bits per heavy atom. The molecule has 106 valence electrons. The van der Waals surface area contributed by atoms with Crippen molar-refractivity contribution < 1.29 is 9.59 Å². The maximum absolute atomic E-state index is 11.6. The average molecular weight is 292 g/mol. The Morgan fingerprint density at radius 2 is 2.25 bits per heavy atom. The number of nitrogens with one attached hydrogen (secondary N) is 2. The molecule has 2 amide bonds. The molecule has 20 heavy (non-hydrogen) atoms. The number of rotatable bonds is 6. The zero-order valence-electron chi connectivity index (χ0n) is 11.1. The summed E-state index contributed by atoms with van der Waals surface area (Å²) in [5.74, 6) is 0.338. The lowest BCUT2D eigenvalue weighted by atomic mass is 10.2. The zero-order chi connectivity index (χ0) is 14.4. The minimum absolute atomic E-state index is 0.101. The number of anilines is 1. The van der Waals surface area contributed by atoms with Gasteiger partial charge in [0.2, 0.25) is 5.91 Å². The summed E-state index contributed by atoms with van der Waals surface area (Å²) < 4.78 is 1.62. The lowest BCUT2D eigenvalue weighted by Crippen LogP contribution is -2.25. The van der Waals surface area contributed by atoms with Crippen molar-refractivity contribution in [3.63, 3.8) is 0 Å². The van der Waals surface area contributed by atoms with Crippen LogP contribution in [0, 0.1) is 0 Å². The Kier molecular flexibility index (Phi) is 4.89. The fourth-order valence-electron chi connectivity index (χ4n) is 1.63. The van der Waals surface area contributed by atoms with Crippen LogP contribution in [0.1, 0.15) is 23.2 Å². The highest BCUT2D eigenvalue weighted by Gasteiger charge is 2.06. The van der Waals surface area contributed by atoms with Gasteiger partial charge in [-0.3, -0.25) is 14.3 Å². The van der Waals surface area contributed by atoms with E-state index in [1.807, 2.05) is 5.38 Å². The van der Waals surface area contributed by atoms with E-state index in [4.69, 9.17) is 0 Å². The van der Waals surface area contributed by atoms with Crippen LogP contribution >= 0.6 is 11.3 Å². The lowest BCUT2D eigenvalue weighted by Gasteiger charge is -2.04. The van der Waals surface area contributed by atoms with Crippen molar-refractivity contribution in [2.75, 3.05) is 11.9 Å². The quantitative estimate of drug-likeness (QED) is 0.795. The molecule has 0 atom stereocenters. The molecule has 0 saturated heterocycles. The first kappa shape index (κ1) is 14.3. The third kappa shape index (κ3) is 4.20. The monoisotopic (exact) mass is 292 g/mol. The fourth-order valence-corrected chi connectivity index (χ4v) is 2.27. The van der Waals surface area contributed by atoms with Crippen molar-refractivity contribution in [3.8, 4) is 0 Å². The van der Waals surface area contributed by atoms with Crippen molar-refractivity contribution in [1.82, 2.24) is 15.1 Å². The lowest BCUT2D eigenvalue weighted by molar-refractivity contribution is -0.116. The van der Waals surface area contributed by atoms with Gasteiger partial charge in [0.25, 0.3) is 5.91 Å². The largest absolute Gasteiger partial charge is 0.352 e. The molecule has 0 bridgehead atoms. The van der Waals surface area contributed by atoms with Crippen LogP contribution in [0.2, 0.25) is 0 Å². The standard InChI is InChI=1S/C13H16N4O2S/c1-17-7-4-11(16-17)15-12(18)3-2-6-14-13(19)10-5-8-20-9-10/h4-5,7-9H,2-3,6H2,1H3,(H,14,19)(H,15,16,18). The summed E-state index contributed by atoms with van der Waals surface area (Å²) in [5, 5.41) is 13.2. The fraction of sp³-hybridized carbons (Fsp3) is 0.308. The molecular weight excluding hydrogens is 276 g/mol. The highest BCUT2D eigenvalue weighted by atomic mass is 32.1. The summed E-state index contributed by atoms with van der Waals surface area (Å²) in [6.07, 6.45) is 2.70. The molecule has 0 aliphatic heterocycles. The summed E-state index contributed by atoms with van der Waals surface area (Å²) in [6, 6.07) is 3.50. The Bertz CT molecular complexity index is 577. The predicted molar refractivity (Wildman–Crippen MR) is 77.7 cm³/mol. The molecule has 0 aliphatic rings. The molecule has 7 heteroatoms. The molecular formula is C13H16N4O2S. The third-order valence-electron chi connectivity index (χ3n) is 2.63. The van der Waals surface area contributed by atoms with Crippen molar-refractivity contribution in [2.24, 2.45) is 7.05 Å². The van der Waals surface area contributed by atoms with Crippen LogP contribution in [0.25, 0.3) is 0 Å². The van der Waals surface area contributed by atoms with Gasteiger partial charge in [-0.2, -0.15) is 16.4 Å². The van der Waals surface area contributed by atoms with Crippen molar-refractivity contribution in [3.05, 3.63) is 34.7 Å². The van der Waals surface area contributed by atoms with Crippen molar-refractivity contribution in [2.45, 2.75) is 12.8 Å². The number of aryl methyl sites for hydroxylation is 1. The normalized spacial score (nSPS) is 10.2. The van der Waals surface area contributed by atoms with Gasteiger partial charge in [0.15, 0.2) is 5.82 Å². The SMILES string of the molecule is Cn1ccc(NC(=O)CCCNC(=O)c2ccsc2)n1. The van der Waals surface area contributed by atoms with Gasteiger partial charge in [-0.1, -0.05) is 0 Å². The molecule has 2 heterocycles. The van der Waals surface area contributed by atoms with Gasteiger partial charge >= 0.3 is 0 Å². The van der Waals surface area contributed by atoms with Gasteiger partial charge in [-0.15, -0.1) is 0 Å². The second-order valence-electron chi connectivity index (χ2n) is 4.29. The van der Waals surface area contributed by atoms with Crippen molar-refractivity contribution >= 4 is 29.0 Å². The smallest absolute Gasteiger partial charge is 0.252 e. The number of thiophene rings is 1. The predicted octanol–water partition coefficient (Wildman–Crippen LogP) is 1.63. The van der Waals surface area contributed by atoms with Gasteiger partial charge in [0.05, 0.1) is 0 Å². The first-order valence-corrected chi connectivity index (χ1v) is 7.19. The first-order valence-electron chi connectivity index (χ1n) is 6.25. The zero-order valence-corrected chi connectivity index (χ0v) is 11.9. The van der Waals surface area contributed by atoms with Gasteiger partial charge in [-0.25, -0.2) is 0 Å². The topological polar surface area (TPSA) is 76.0 Å². The molecule has 6 nitrogen and oxygen atoms in total. The van der Waals surface area contributed by atoms with Crippen LogP contribution in [0.15, 0.2) is 29.1 Å². The molecule has 0 aliphatic carbocycles. The van der Waals surface area contributed by atoms with Crippen LogP contribution in [-0.2, 0) is 11.8 Å². The Balaban J connectivity index is 1.63. The summed E-state index contributed by atoms with van der Waals surface area (Å²) >= 11 is 1.48. The molecule has 0 unspecified atom stereocenters. The van der Waals surface area contributed by atoms with Crippen LogP contribution in [-0.4, -0.2) is 28.1 Å². The van der Waals surface area contributed by atoms with E-state index < -0.39 is 0 Å². The van der Waals surface area contributed by atoms with E-state index in [1.54, 1.807) is 35.4 Å². The van der Waals surface area contributed by atoms with E-state index in [0.29, 0.717) is 30.8 Å². The Hall–Kier alpha value is -2.15. The van der Waals surface area contributed by atoms with E-state index in [-0.39, 0.29) is 11.8 Å². The number of carbonyl (C=O) groups excluding carboxylic acids is 2. The van der Waals surface area contributed by atoms with E-state index >= 15 is 0 Å². The van der Waals surface area contributed by atoms with E-state index in [2.05, 4.69) is 15.7 Å². The van der Waals surface area contributed by atoms with Crippen molar-refractivity contribution in [1.29, 1.82) is 0 Å².